The molecule has 0 aliphatic heterocycles. The molecule has 0 saturated heterocycles. The van der Waals surface area contributed by atoms with Crippen LogP contribution in [0.15, 0.2) is 24.3 Å². The molecule has 0 spiro atoms. The zero-order valence-electron chi connectivity index (χ0n) is 11.7. The molecular weight excluding hydrogens is 306 g/mol. The van der Waals surface area contributed by atoms with Crippen LogP contribution in [0.4, 0.5) is 0 Å². The van der Waals surface area contributed by atoms with Crippen molar-refractivity contribution in [1.82, 2.24) is 4.90 Å². The summed E-state index contributed by atoms with van der Waals surface area (Å²) in [6, 6.07) is 7.67. The number of nitrogens with zero attached hydrogens (tertiary/aromatic N) is 1. The van der Waals surface area contributed by atoms with Crippen molar-refractivity contribution in [1.29, 1.82) is 0 Å². The van der Waals surface area contributed by atoms with Gasteiger partial charge in [0.1, 0.15) is 5.75 Å². The van der Waals surface area contributed by atoms with Gasteiger partial charge in [-0.15, -0.1) is 0 Å². The van der Waals surface area contributed by atoms with Gasteiger partial charge < -0.3 is 9.64 Å². The molecule has 0 heterocycles. The van der Waals surface area contributed by atoms with E-state index in [1.54, 1.807) is 12.0 Å². The standard InChI is InChI=1S/C15H22BrNO2/c1-17(11-7-3-6-10-16)15(18)12-13-8-4-5-9-14(13)19-2/h4-5,8-9H,3,6-7,10-12H2,1-2H3. The molecule has 0 aliphatic carbocycles. The van der Waals surface area contributed by atoms with Crippen molar-refractivity contribution in [3.05, 3.63) is 29.8 Å². The highest BCUT2D eigenvalue weighted by molar-refractivity contribution is 9.09. The summed E-state index contributed by atoms with van der Waals surface area (Å²) in [5, 5.41) is 1.03. The maximum absolute atomic E-state index is 12.1. The number of hydrogen-bond acceptors (Lipinski definition) is 2. The second-order valence-electron chi connectivity index (χ2n) is 4.55. The lowest BCUT2D eigenvalue weighted by molar-refractivity contribution is -0.129. The van der Waals surface area contributed by atoms with Crippen LogP contribution in [-0.2, 0) is 11.2 Å². The fourth-order valence-corrected chi connectivity index (χ4v) is 2.29. The Kier molecular flexibility index (Phi) is 7.56. The number of carbonyl (C=O) groups is 1. The van der Waals surface area contributed by atoms with Crippen molar-refractivity contribution >= 4 is 21.8 Å². The Balaban J connectivity index is 2.45. The molecule has 0 N–H and O–H groups in total. The number of ether oxygens (including phenoxy) is 1. The monoisotopic (exact) mass is 327 g/mol. The topological polar surface area (TPSA) is 29.5 Å². The minimum atomic E-state index is 0.142. The summed E-state index contributed by atoms with van der Waals surface area (Å²) in [4.78, 5) is 13.9. The van der Waals surface area contributed by atoms with Crippen molar-refractivity contribution in [2.24, 2.45) is 0 Å². The van der Waals surface area contributed by atoms with Crippen molar-refractivity contribution in [3.63, 3.8) is 0 Å². The summed E-state index contributed by atoms with van der Waals surface area (Å²) in [6.07, 6.45) is 3.77. The second kappa shape index (κ2) is 8.97. The number of unbranched alkanes of at least 4 members (excludes halogenated alkanes) is 2. The van der Waals surface area contributed by atoms with Crippen LogP contribution >= 0.6 is 15.9 Å². The molecule has 0 aromatic heterocycles. The van der Waals surface area contributed by atoms with Gasteiger partial charge in [0.2, 0.25) is 5.91 Å². The summed E-state index contributed by atoms with van der Waals surface area (Å²) in [7, 11) is 3.50. The van der Waals surface area contributed by atoms with Gasteiger partial charge in [-0.3, -0.25) is 4.79 Å². The quantitative estimate of drug-likeness (QED) is 0.541. The van der Waals surface area contributed by atoms with Gasteiger partial charge in [0, 0.05) is 24.5 Å². The Morgan fingerprint density at radius 2 is 2.00 bits per heavy atom. The highest BCUT2D eigenvalue weighted by atomic mass is 79.9. The summed E-state index contributed by atoms with van der Waals surface area (Å²) in [6.45, 7) is 0.820. The third-order valence-corrected chi connectivity index (χ3v) is 3.65. The molecule has 1 amide bonds. The first kappa shape index (κ1) is 16.0. The second-order valence-corrected chi connectivity index (χ2v) is 5.35. The Morgan fingerprint density at radius 3 is 2.68 bits per heavy atom. The number of halogens is 1. The molecule has 4 heteroatoms. The van der Waals surface area contributed by atoms with Crippen molar-refractivity contribution in [2.75, 3.05) is 26.0 Å². The largest absolute Gasteiger partial charge is 0.496 e. The molecule has 0 radical (unpaired) electrons. The normalized spacial score (nSPS) is 10.3. The van der Waals surface area contributed by atoms with E-state index in [1.165, 1.54) is 0 Å². The van der Waals surface area contributed by atoms with E-state index in [9.17, 15) is 4.79 Å². The first-order chi connectivity index (χ1) is 9.19. The zero-order chi connectivity index (χ0) is 14.1. The summed E-state index contributed by atoms with van der Waals surface area (Å²) in [5.74, 6) is 0.923. The first-order valence-corrected chi connectivity index (χ1v) is 7.73. The van der Waals surface area contributed by atoms with Crippen molar-refractivity contribution in [2.45, 2.75) is 25.7 Å². The third kappa shape index (κ3) is 5.64. The molecule has 1 aromatic carbocycles. The van der Waals surface area contributed by atoms with Crippen LogP contribution in [0.25, 0.3) is 0 Å². The number of amides is 1. The van der Waals surface area contributed by atoms with Gasteiger partial charge >= 0.3 is 0 Å². The molecule has 0 unspecified atom stereocenters. The number of likely N-dealkylation sites (N-methyl/N-ethyl adjacent to an activating group) is 1. The van der Waals surface area contributed by atoms with E-state index in [0.717, 1.165) is 42.5 Å². The van der Waals surface area contributed by atoms with Gasteiger partial charge in [-0.1, -0.05) is 40.5 Å². The number of benzene rings is 1. The molecule has 0 aliphatic rings. The maximum atomic E-state index is 12.1. The first-order valence-electron chi connectivity index (χ1n) is 6.61. The molecule has 0 fully saturated rings. The molecule has 0 bridgehead atoms. The van der Waals surface area contributed by atoms with Crippen LogP contribution in [0.5, 0.6) is 5.75 Å². The van der Waals surface area contributed by atoms with Gasteiger partial charge in [0.25, 0.3) is 0 Å². The van der Waals surface area contributed by atoms with Gasteiger partial charge in [0.05, 0.1) is 13.5 Å². The van der Waals surface area contributed by atoms with Gasteiger partial charge in [-0.05, 0) is 18.9 Å². The van der Waals surface area contributed by atoms with E-state index in [2.05, 4.69) is 15.9 Å². The molecule has 1 aromatic rings. The van der Waals surface area contributed by atoms with Crippen LogP contribution in [0, 0.1) is 0 Å². The van der Waals surface area contributed by atoms with Crippen LogP contribution in [0.2, 0.25) is 0 Å². The lowest BCUT2D eigenvalue weighted by Crippen LogP contribution is -2.29. The lowest BCUT2D eigenvalue weighted by atomic mass is 10.1. The van der Waals surface area contributed by atoms with Gasteiger partial charge in [-0.2, -0.15) is 0 Å². The number of rotatable bonds is 8. The van der Waals surface area contributed by atoms with E-state index in [-0.39, 0.29) is 5.91 Å². The molecular formula is C15H22BrNO2. The Morgan fingerprint density at radius 1 is 1.26 bits per heavy atom. The smallest absolute Gasteiger partial charge is 0.226 e. The van der Waals surface area contributed by atoms with Crippen molar-refractivity contribution < 1.29 is 9.53 Å². The zero-order valence-corrected chi connectivity index (χ0v) is 13.3. The minimum Gasteiger partial charge on any atom is -0.496 e. The van der Waals surface area contributed by atoms with Crippen LogP contribution in [-0.4, -0.2) is 36.8 Å². The Bertz CT molecular complexity index is 395. The van der Waals surface area contributed by atoms with E-state index in [4.69, 9.17) is 4.74 Å². The SMILES string of the molecule is COc1ccccc1CC(=O)N(C)CCCCCBr. The van der Waals surface area contributed by atoms with Crippen molar-refractivity contribution in [3.8, 4) is 5.75 Å². The van der Waals surface area contributed by atoms with Crippen LogP contribution in [0.1, 0.15) is 24.8 Å². The summed E-state index contributed by atoms with van der Waals surface area (Å²) < 4.78 is 5.26. The number of para-hydroxylation sites is 1. The molecule has 0 saturated carbocycles. The van der Waals surface area contributed by atoms with E-state index < -0.39 is 0 Å². The van der Waals surface area contributed by atoms with E-state index in [1.807, 2.05) is 31.3 Å². The van der Waals surface area contributed by atoms with Crippen LogP contribution in [0.3, 0.4) is 0 Å². The lowest BCUT2D eigenvalue weighted by Gasteiger charge is -2.17. The number of carbonyl (C=O) groups excluding carboxylic acids is 1. The number of hydrogen-bond donors (Lipinski definition) is 0. The molecule has 19 heavy (non-hydrogen) atoms. The minimum absolute atomic E-state index is 0.142. The predicted octanol–water partition coefficient (Wildman–Crippen LogP) is 3.26. The average Bonchev–Trinajstić information content (AvgIpc) is 2.44. The van der Waals surface area contributed by atoms with Crippen LogP contribution < -0.4 is 4.74 Å². The highest BCUT2D eigenvalue weighted by Crippen LogP contribution is 2.18. The van der Waals surface area contributed by atoms with E-state index in [0.29, 0.717) is 6.42 Å². The number of methoxy groups -OCH3 is 1. The third-order valence-electron chi connectivity index (χ3n) is 3.09. The predicted molar refractivity (Wildman–Crippen MR) is 82.0 cm³/mol. The maximum Gasteiger partial charge on any atom is 0.226 e. The van der Waals surface area contributed by atoms with E-state index >= 15 is 0 Å². The number of alkyl halides is 1. The Labute approximate surface area is 124 Å². The molecule has 3 nitrogen and oxygen atoms in total. The molecule has 106 valence electrons. The van der Waals surface area contributed by atoms with Gasteiger partial charge in [0.15, 0.2) is 0 Å². The molecule has 0 atom stereocenters. The average molecular weight is 328 g/mol. The fourth-order valence-electron chi connectivity index (χ4n) is 1.89. The Hall–Kier alpha value is -1.03. The molecule has 1 rings (SSSR count). The fraction of sp³-hybridized carbons (Fsp3) is 0.533. The van der Waals surface area contributed by atoms with Gasteiger partial charge in [-0.25, -0.2) is 0 Å². The highest BCUT2D eigenvalue weighted by Gasteiger charge is 2.12. The summed E-state index contributed by atoms with van der Waals surface area (Å²) in [5.41, 5.74) is 0.947. The summed E-state index contributed by atoms with van der Waals surface area (Å²) >= 11 is 3.41.